The first-order valence-electron chi connectivity index (χ1n) is 15.1. The average Bonchev–Trinajstić information content (AvgIpc) is 3.57. The molecule has 7 heteroatoms. The summed E-state index contributed by atoms with van der Waals surface area (Å²) in [4.78, 5) is 15.1. The number of fused-ring (bicyclic) bond motifs is 6. The van der Waals surface area contributed by atoms with Gasteiger partial charge in [-0.15, -0.1) is 0 Å². The number of hydrogen-bond acceptors (Lipinski definition) is 6. The summed E-state index contributed by atoms with van der Waals surface area (Å²) in [5, 5.41) is 3.78. The molecule has 2 bridgehead atoms. The van der Waals surface area contributed by atoms with Crippen molar-refractivity contribution in [1.82, 2.24) is 20.2 Å². The second-order valence-electron chi connectivity index (χ2n) is 13.1. The molecule has 6 nitrogen and oxygen atoms in total. The molecule has 8 rings (SSSR count). The molecule has 2 aliphatic carbocycles. The number of ether oxygens (including phenoxy) is 1. The minimum absolute atomic E-state index is 0.168. The van der Waals surface area contributed by atoms with Crippen LogP contribution in [0, 0.1) is 0 Å². The smallest absolute Gasteiger partial charge is 0.318 e. The zero-order valence-electron chi connectivity index (χ0n) is 22.4. The lowest BCUT2D eigenvalue weighted by atomic mass is 9.62. The monoisotopic (exact) mass is 517 g/mol. The number of nitrogens with zero attached hydrogens (tertiary/aromatic N) is 4. The summed E-state index contributed by atoms with van der Waals surface area (Å²) in [6, 6.07) is 10.7. The largest absolute Gasteiger partial charge is 0.461 e. The van der Waals surface area contributed by atoms with Crippen molar-refractivity contribution >= 4 is 5.82 Å². The van der Waals surface area contributed by atoms with Crippen molar-refractivity contribution in [2.75, 3.05) is 37.7 Å². The summed E-state index contributed by atoms with van der Waals surface area (Å²) in [7, 11) is 0. The van der Waals surface area contributed by atoms with E-state index in [-0.39, 0.29) is 11.0 Å². The Hall–Kier alpha value is -2.25. The topological polar surface area (TPSA) is 53.5 Å². The molecule has 1 N–H and O–H groups in total. The van der Waals surface area contributed by atoms with Crippen molar-refractivity contribution in [2.24, 2.45) is 0 Å². The Morgan fingerprint density at radius 1 is 1.00 bits per heavy atom. The maximum Gasteiger partial charge on any atom is 0.318 e. The van der Waals surface area contributed by atoms with E-state index in [0.29, 0.717) is 37.7 Å². The lowest BCUT2D eigenvalue weighted by Crippen LogP contribution is -2.52. The summed E-state index contributed by atoms with van der Waals surface area (Å²) >= 11 is 0. The van der Waals surface area contributed by atoms with Crippen LogP contribution in [0.4, 0.5) is 10.2 Å². The van der Waals surface area contributed by atoms with Gasteiger partial charge in [0.2, 0.25) is 0 Å². The number of aryl methyl sites for hydroxylation is 1. The van der Waals surface area contributed by atoms with E-state index in [1.165, 1.54) is 55.3 Å². The van der Waals surface area contributed by atoms with Gasteiger partial charge in [-0.25, -0.2) is 4.39 Å². The van der Waals surface area contributed by atoms with Gasteiger partial charge in [-0.3, -0.25) is 4.90 Å². The van der Waals surface area contributed by atoms with Crippen molar-refractivity contribution in [1.29, 1.82) is 0 Å². The molecule has 1 spiro atoms. The molecule has 0 saturated carbocycles. The van der Waals surface area contributed by atoms with E-state index >= 15 is 0 Å². The molecule has 4 fully saturated rings. The van der Waals surface area contributed by atoms with Crippen LogP contribution in [0.3, 0.4) is 0 Å². The molecule has 0 amide bonds. The van der Waals surface area contributed by atoms with E-state index in [1.54, 1.807) is 5.56 Å². The van der Waals surface area contributed by atoms with Crippen LogP contribution in [0.1, 0.15) is 73.8 Å². The first kappa shape index (κ1) is 23.6. The molecular formula is C31H40FN5O. The molecule has 1 unspecified atom stereocenters. The van der Waals surface area contributed by atoms with E-state index in [1.807, 2.05) is 0 Å². The van der Waals surface area contributed by atoms with Gasteiger partial charge in [0.1, 0.15) is 18.6 Å². The molecule has 5 heterocycles. The second kappa shape index (κ2) is 8.88. The van der Waals surface area contributed by atoms with Crippen LogP contribution in [0.25, 0.3) is 0 Å². The van der Waals surface area contributed by atoms with Crippen molar-refractivity contribution in [2.45, 2.75) is 99.8 Å². The third kappa shape index (κ3) is 3.79. The van der Waals surface area contributed by atoms with Crippen LogP contribution in [-0.4, -0.2) is 71.4 Å². The first-order chi connectivity index (χ1) is 18.6. The van der Waals surface area contributed by atoms with E-state index in [2.05, 4.69) is 39.4 Å². The number of benzene rings is 1. The quantitative estimate of drug-likeness (QED) is 0.658. The van der Waals surface area contributed by atoms with Crippen LogP contribution < -0.4 is 15.0 Å². The molecule has 1 aromatic heterocycles. The normalized spacial score (nSPS) is 35.8. The summed E-state index contributed by atoms with van der Waals surface area (Å²) in [6.45, 7) is 4.03. The highest BCUT2D eigenvalue weighted by molar-refractivity contribution is 5.54. The summed E-state index contributed by atoms with van der Waals surface area (Å²) in [5.74, 6) is 1.11. The van der Waals surface area contributed by atoms with Crippen LogP contribution in [0.5, 0.6) is 6.01 Å². The fraction of sp³-hybridized carbons (Fsp3) is 0.677. The summed E-state index contributed by atoms with van der Waals surface area (Å²) in [5.41, 5.74) is 5.58. The Morgan fingerprint density at radius 2 is 1.87 bits per heavy atom. The van der Waals surface area contributed by atoms with Crippen molar-refractivity contribution in [3.63, 3.8) is 0 Å². The number of halogens is 1. The van der Waals surface area contributed by atoms with Crippen molar-refractivity contribution in [3.05, 3.63) is 46.6 Å². The van der Waals surface area contributed by atoms with Gasteiger partial charge in [0.15, 0.2) is 0 Å². The van der Waals surface area contributed by atoms with E-state index in [4.69, 9.17) is 14.7 Å². The number of anilines is 1. The first-order valence-corrected chi connectivity index (χ1v) is 15.1. The van der Waals surface area contributed by atoms with Gasteiger partial charge in [0, 0.05) is 49.1 Å². The molecule has 6 aliphatic rings. The van der Waals surface area contributed by atoms with Gasteiger partial charge < -0.3 is 15.0 Å². The van der Waals surface area contributed by atoms with Gasteiger partial charge >= 0.3 is 6.01 Å². The number of piperazine rings is 1. The molecule has 4 saturated heterocycles. The molecule has 5 atom stereocenters. The molecule has 2 aromatic rings. The molecule has 4 aliphatic heterocycles. The minimum Gasteiger partial charge on any atom is -0.461 e. The van der Waals surface area contributed by atoms with Crippen molar-refractivity contribution < 1.29 is 9.13 Å². The minimum atomic E-state index is -0.749. The molecular weight excluding hydrogens is 477 g/mol. The van der Waals surface area contributed by atoms with Gasteiger partial charge in [-0.1, -0.05) is 24.3 Å². The van der Waals surface area contributed by atoms with Crippen LogP contribution in [0.2, 0.25) is 0 Å². The third-order valence-electron chi connectivity index (χ3n) is 10.8. The van der Waals surface area contributed by atoms with Gasteiger partial charge in [-0.2, -0.15) is 9.97 Å². The fourth-order valence-corrected chi connectivity index (χ4v) is 9.07. The molecule has 202 valence electrons. The number of aromatic nitrogens is 2. The number of hydrogen-bond donors (Lipinski definition) is 1. The Labute approximate surface area is 225 Å². The van der Waals surface area contributed by atoms with Crippen LogP contribution >= 0.6 is 0 Å². The Morgan fingerprint density at radius 3 is 2.76 bits per heavy atom. The highest BCUT2D eigenvalue weighted by atomic mass is 19.1. The highest BCUT2D eigenvalue weighted by Crippen LogP contribution is 2.48. The maximum atomic E-state index is 14.4. The molecule has 1 aromatic carbocycles. The second-order valence-corrected chi connectivity index (χ2v) is 13.1. The van der Waals surface area contributed by atoms with Crippen LogP contribution in [-0.2, 0) is 24.7 Å². The third-order valence-corrected chi connectivity index (χ3v) is 10.8. The van der Waals surface area contributed by atoms with Crippen LogP contribution in [0.15, 0.2) is 24.3 Å². The van der Waals surface area contributed by atoms with E-state index in [9.17, 15) is 4.39 Å². The Kier molecular flexibility index (Phi) is 5.52. The highest BCUT2D eigenvalue weighted by Gasteiger charge is 2.50. The maximum absolute atomic E-state index is 14.4. The predicted molar refractivity (Wildman–Crippen MR) is 146 cm³/mol. The summed E-state index contributed by atoms with van der Waals surface area (Å²) in [6.07, 6.45) is 11.3. The van der Waals surface area contributed by atoms with E-state index in [0.717, 1.165) is 51.1 Å². The lowest BCUT2D eigenvalue weighted by molar-refractivity contribution is 0.107. The zero-order valence-corrected chi connectivity index (χ0v) is 22.4. The number of rotatable bonds is 4. The van der Waals surface area contributed by atoms with E-state index < -0.39 is 6.17 Å². The van der Waals surface area contributed by atoms with Gasteiger partial charge in [-0.05, 0) is 81.9 Å². The SMILES string of the molecule is F[C@H]1CN2CCC[C@@]2(COc2nc3c(c(N4C[C@H]5CC[C@@H](C4)N5)n2)CCC2(CCCc4ccccc42)C3)C1. The predicted octanol–water partition coefficient (Wildman–Crippen LogP) is 4.14. The standard InChI is InChI=1S/C31H40FN5O/c32-22-15-31(12-4-14-37(31)17-22)20-38-29-34-27-16-30(11-3-6-21-5-1-2-7-26(21)30)13-10-25(27)28(35-29)36-18-23-8-9-24(19-36)33-23/h1-2,5,7,22-24,33H,3-4,6,8-20H2/t22-,23-,24+,30?,31+/m1/s1. The average molecular weight is 518 g/mol. The van der Waals surface area contributed by atoms with Crippen molar-refractivity contribution in [3.8, 4) is 6.01 Å². The van der Waals surface area contributed by atoms with Gasteiger partial charge in [0.25, 0.3) is 0 Å². The van der Waals surface area contributed by atoms with Gasteiger partial charge in [0.05, 0.1) is 11.2 Å². The lowest BCUT2D eigenvalue weighted by Gasteiger charge is -2.43. The zero-order chi connectivity index (χ0) is 25.3. The number of nitrogens with one attached hydrogen (secondary N) is 1. The fourth-order valence-electron chi connectivity index (χ4n) is 9.07. The molecule has 38 heavy (non-hydrogen) atoms. The summed E-state index contributed by atoms with van der Waals surface area (Å²) < 4.78 is 20.9. The molecule has 0 radical (unpaired) electrons. The Bertz CT molecular complexity index is 1230. The Balaban J connectivity index is 1.15. The number of alkyl halides is 1.